The van der Waals surface area contributed by atoms with E-state index in [0.29, 0.717) is 24.6 Å². The maximum absolute atomic E-state index is 13.8. The summed E-state index contributed by atoms with van der Waals surface area (Å²) in [5.74, 6) is 0.395. The maximum atomic E-state index is 13.8. The Labute approximate surface area is 232 Å². The first-order chi connectivity index (χ1) is 18.7. The number of amides is 2. The lowest BCUT2D eigenvalue weighted by Gasteiger charge is -2.40. The molecule has 0 aliphatic carbocycles. The van der Waals surface area contributed by atoms with Crippen molar-refractivity contribution in [1.82, 2.24) is 4.90 Å². The van der Waals surface area contributed by atoms with Gasteiger partial charge in [-0.1, -0.05) is 48.5 Å². The van der Waals surface area contributed by atoms with Gasteiger partial charge in [0.2, 0.25) is 0 Å². The zero-order chi connectivity index (χ0) is 27.6. The Kier molecular flexibility index (Phi) is 7.65. The zero-order valence-corrected chi connectivity index (χ0v) is 23.4. The third-order valence-corrected chi connectivity index (χ3v) is 7.70. The Morgan fingerprint density at radius 1 is 0.872 bits per heavy atom. The number of para-hydroxylation sites is 2. The van der Waals surface area contributed by atoms with Gasteiger partial charge in [0.25, 0.3) is 5.91 Å². The summed E-state index contributed by atoms with van der Waals surface area (Å²) in [7, 11) is 0. The molecule has 2 atom stereocenters. The summed E-state index contributed by atoms with van der Waals surface area (Å²) in [6.45, 7) is 9.17. The van der Waals surface area contributed by atoms with Crippen LogP contribution in [0.1, 0.15) is 80.4 Å². The van der Waals surface area contributed by atoms with Crippen LogP contribution in [0.5, 0.6) is 0 Å². The van der Waals surface area contributed by atoms with Crippen LogP contribution in [0, 0.1) is 0 Å². The number of likely N-dealkylation sites (tertiary alicyclic amines) is 1. The van der Waals surface area contributed by atoms with Crippen molar-refractivity contribution in [3.05, 3.63) is 95.6 Å². The first-order valence-electron chi connectivity index (χ1n) is 14.0. The van der Waals surface area contributed by atoms with Crippen molar-refractivity contribution in [2.45, 2.75) is 70.6 Å². The van der Waals surface area contributed by atoms with Gasteiger partial charge in [-0.3, -0.25) is 4.79 Å². The smallest absolute Gasteiger partial charge is 0.410 e. The number of nitrogens with one attached hydrogen (secondary N) is 1. The van der Waals surface area contributed by atoms with E-state index in [4.69, 9.17) is 4.74 Å². The molecule has 2 aliphatic heterocycles. The normalized spacial score (nSPS) is 19.8. The van der Waals surface area contributed by atoms with Gasteiger partial charge < -0.3 is 19.9 Å². The number of benzene rings is 3. The third kappa shape index (κ3) is 6.11. The van der Waals surface area contributed by atoms with Gasteiger partial charge in [0, 0.05) is 36.1 Å². The van der Waals surface area contributed by atoms with Crippen LogP contribution in [0.4, 0.5) is 16.2 Å². The fraction of sp³-hybridized carbons (Fsp3) is 0.394. The van der Waals surface area contributed by atoms with Crippen molar-refractivity contribution < 1.29 is 14.3 Å². The molecule has 2 heterocycles. The van der Waals surface area contributed by atoms with Crippen molar-refractivity contribution >= 4 is 23.4 Å². The van der Waals surface area contributed by atoms with E-state index in [-0.39, 0.29) is 24.1 Å². The van der Waals surface area contributed by atoms with Crippen LogP contribution in [0.2, 0.25) is 0 Å². The molecule has 5 rings (SSSR count). The number of nitrogens with zero attached hydrogens (tertiary/aromatic N) is 2. The van der Waals surface area contributed by atoms with E-state index in [0.717, 1.165) is 36.2 Å². The standard InChI is InChI=1S/C33H39N3O3/c1-23-22-29(34-27-10-6-5-7-11-27)28-12-8-9-13-30(28)36(23)31(37)26-16-14-24(15-17-26)25-18-20-35(21-19-25)32(38)39-33(2,3)4/h5-17,23,25,29,34H,18-22H2,1-4H3/t23-,29+/m1/s1. The topological polar surface area (TPSA) is 61.9 Å². The molecule has 3 aromatic rings. The lowest BCUT2D eigenvalue weighted by atomic mass is 9.88. The fourth-order valence-electron chi connectivity index (χ4n) is 5.75. The van der Waals surface area contributed by atoms with E-state index in [1.165, 1.54) is 5.56 Å². The molecule has 2 aliphatic rings. The molecule has 204 valence electrons. The highest BCUT2D eigenvalue weighted by Gasteiger charge is 2.34. The van der Waals surface area contributed by atoms with Crippen molar-refractivity contribution in [3.63, 3.8) is 0 Å². The average Bonchev–Trinajstić information content (AvgIpc) is 2.93. The van der Waals surface area contributed by atoms with Gasteiger partial charge in [-0.15, -0.1) is 0 Å². The van der Waals surface area contributed by atoms with Crippen LogP contribution < -0.4 is 10.2 Å². The second-order valence-electron chi connectivity index (χ2n) is 11.7. The van der Waals surface area contributed by atoms with E-state index in [2.05, 4.69) is 48.6 Å². The van der Waals surface area contributed by atoms with Gasteiger partial charge in [0.05, 0.1) is 6.04 Å². The Morgan fingerprint density at radius 2 is 1.51 bits per heavy atom. The van der Waals surface area contributed by atoms with Crippen molar-refractivity contribution in [2.24, 2.45) is 0 Å². The number of rotatable bonds is 4. The third-order valence-electron chi connectivity index (χ3n) is 7.70. The lowest BCUT2D eigenvalue weighted by molar-refractivity contribution is 0.0204. The summed E-state index contributed by atoms with van der Waals surface area (Å²) in [6, 6.07) is 26.7. The Bertz CT molecular complexity index is 1290. The summed E-state index contributed by atoms with van der Waals surface area (Å²) in [4.78, 5) is 30.0. The highest BCUT2D eigenvalue weighted by atomic mass is 16.6. The number of carbonyl (C=O) groups is 2. The first kappa shape index (κ1) is 26.8. The molecule has 3 aromatic carbocycles. The van der Waals surface area contributed by atoms with Crippen LogP contribution >= 0.6 is 0 Å². The summed E-state index contributed by atoms with van der Waals surface area (Å²) in [5.41, 5.74) is 4.61. The highest BCUT2D eigenvalue weighted by molar-refractivity contribution is 6.07. The molecular formula is C33H39N3O3. The van der Waals surface area contributed by atoms with Crippen LogP contribution in [-0.2, 0) is 4.74 Å². The molecule has 0 spiro atoms. The molecule has 0 saturated carbocycles. The largest absolute Gasteiger partial charge is 0.444 e. The molecule has 0 radical (unpaired) electrons. The maximum Gasteiger partial charge on any atom is 0.410 e. The minimum absolute atomic E-state index is 0.0272. The Balaban J connectivity index is 1.27. The van der Waals surface area contributed by atoms with E-state index >= 15 is 0 Å². The van der Waals surface area contributed by atoms with Crippen LogP contribution in [0.3, 0.4) is 0 Å². The lowest BCUT2D eigenvalue weighted by Crippen LogP contribution is -2.44. The number of carbonyl (C=O) groups excluding carboxylic acids is 2. The number of anilines is 2. The van der Waals surface area contributed by atoms with E-state index in [9.17, 15) is 9.59 Å². The van der Waals surface area contributed by atoms with Crippen molar-refractivity contribution in [3.8, 4) is 0 Å². The molecule has 6 nitrogen and oxygen atoms in total. The quantitative estimate of drug-likeness (QED) is 0.386. The Morgan fingerprint density at radius 3 is 2.18 bits per heavy atom. The van der Waals surface area contributed by atoms with Crippen molar-refractivity contribution in [1.29, 1.82) is 0 Å². The zero-order valence-electron chi connectivity index (χ0n) is 23.4. The van der Waals surface area contributed by atoms with Gasteiger partial charge in [-0.25, -0.2) is 4.79 Å². The first-order valence-corrected chi connectivity index (χ1v) is 14.0. The molecule has 6 heteroatoms. The predicted molar refractivity (Wildman–Crippen MR) is 156 cm³/mol. The van der Waals surface area contributed by atoms with Crippen LogP contribution in [0.15, 0.2) is 78.9 Å². The minimum Gasteiger partial charge on any atom is -0.444 e. The monoisotopic (exact) mass is 525 g/mol. The van der Waals surface area contributed by atoms with Crippen LogP contribution in [-0.4, -0.2) is 41.6 Å². The summed E-state index contributed by atoms with van der Waals surface area (Å²) in [6.07, 6.45) is 2.36. The van der Waals surface area contributed by atoms with Gasteiger partial charge in [0.15, 0.2) is 0 Å². The summed E-state index contributed by atoms with van der Waals surface area (Å²) >= 11 is 0. The number of fused-ring (bicyclic) bond motifs is 1. The molecular weight excluding hydrogens is 486 g/mol. The second-order valence-corrected chi connectivity index (χ2v) is 11.7. The van der Waals surface area contributed by atoms with E-state index < -0.39 is 5.60 Å². The summed E-state index contributed by atoms with van der Waals surface area (Å²) < 4.78 is 5.53. The number of hydrogen-bond donors (Lipinski definition) is 1. The molecule has 2 amide bonds. The van der Waals surface area contributed by atoms with Gasteiger partial charge in [-0.05, 0) is 94.3 Å². The molecule has 1 saturated heterocycles. The SMILES string of the molecule is C[C@@H]1C[C@H](Nc2ccccc2)c2ccccc2N1C(=O)c1ccc(C2CCN(C(=O)OC(C)(C)C)CC2)cc1. The van der Waals surface area contributed by atoms with Gasteiger partial charge >= 0.3 is 6.09 Å². The number of piperidine rings is 1. The molecule has 0 aromatic heterocycles. The minimum atomic E-state index is -0.484. The highest BCUT2D eigenvalue weighted by Crippen LogP contribution is 2.39. The number of ether oxygens (including phenoxy) is 1. The average molecular weight is 526 g/mol. The van der Waals surface area contributed by atoms with Gasteiger partial charge in [-0.2, -0.15) is 0 Å². The molecule has 0 unspecified atom stereocenters. The molecule has 39 heavy (non-hydrogen) atoms. The van der Waals surface area contributed by atoms with Crippen molar-refractivity contribution in [2.75, 3.05) is 23.3 Å². The molecule has 1 N–H and O–H groups in total. The Hall–Kier alpha value is -3.80. The molecule has 1 fully saturated rings. The van der Waals surface area contributed by atoms with Crippen LogP contribution in [0.25, 0.3) is 0 Å². The predicted octanol–water partition coefficient (Wildman–Crippen LogP) is 7.39. The summed E-state index contributed by atoms with van der Waals surface area (Å²) in [5, 5.41) is 3.66. The fourth-order valence-corrected chi connectivity index (χ4v) is 5.75. The second kappa shape index (κ2) is 11.1. The molecule has 0 bridgehead atoms. The number of hydrogen-bond acceptors (Lipinski definition) is 4. The van der Waals surface area contributed by atoms with Gasteiger partial charge in [0.1, 0.15) is 5.60 Å². The van der Waals surface area contributed by atoms with E-state index in [1.807, 2.05) is 68.1 Å². The van der Waals surface area contributed by atoms with E-state index in [1.54, 1.807) is 4.90 Å².